The van der Waals surface area contributed by atoms with Crippen LogP contribution in [0.1, 0.15) is 18.9 Å². The summed E-state index contributed by atoms with van der Waals surface area (Å²) >= 11 is 0. The summed E-state index contributed by atoms with van der Waals surface area (Å²) in [4.78, 5) is 10.7. The first-order valence-electron chi connectivity index (χ1n) is 9.15. The van der Waals surface area contributed by atoms with Gasteiger partial charge in [-0.2, -0.15) is 4.31 Å². The molecule has 0 radical (unpaired) electrons. The molecule has 1 saturated heterocycles. The molecule has 3 heterocycles. The second-order valence-electron chi connectivity index (χ2n) is 6.84. The monoisotopic (exact) mass is 390 g/mol. The highest BCUT2D eigenvalue weighted by Crippen LogP contribution is 2.25. The average Bonchev–Trinajstić information content (AvgIpc) is 3.12. The molecular weight excluding hydrogens is 364 g/mol. The zero-order valence-corrected chi connectivity index (χ0v) is 16.6. The van der Waals surface area contributed by atoms with E-state index in [0.29, 0.717) is 31.5 Å². The van der Waals surface area contributed by atoms with Gasteiger partial charge in [0, 0.05) is 44.6 Å². The molecule has 27 heavy (non-hydrogen) atoms. The van der Waals surface area contributed by atoms with Gasteiger partial charge in [-0.05, 0) is 44.0 Å². The summed E-state index contributed by atoms with van der Waals surface area (Å²) < 4.78 is 32.5. The van der Waals surface area contributed by atoms with Crippen LogP contribution in [0.3, 0.4) is 0 Å². The van der Waals surface area contributed by atoms with Gasteiger partial charge < -0.3 is 9.64 Å². The summed E-state index contributed by atoms with van der Waals surface area (Å²) in [6, 6.07) is 7.15. The van der Waals surface area contributed by atoms with Gasteiger partial charge in [0.1, 0.15) is 4.90 Å². The zero-order valence-electron chi connectivity index (χ0n) is 15.8. The van der Waals surface area contributed by atoms with E-state index < -0.39 is 10.0 Å². The smallest absolute Gasteiger partial charge is 0.244 e. The molecule has 7 nitrogen and oxygen atoms in total. The summed E-state index contributed by atoms with van der Waals surface area (Å²) in [6.45, 7) is 5.09. The molecule has 3 rings (SSSR count). The van der Waals surface area contributed by atoms with E-state index in [-0.39, 0.29) is 4.90 Å². The van der Waals surface area contributed by atoms with Crippen LogP contribution in [0.25, 0.3) is 0 Å². The summed E-state index contributed by atoms with van der Waals surface area (Å²) in [5.41, 5.74) is 1.16. The number of rotatable bonds is 8. The third-order valence-corrected chi connectivity index (χ3v) is 6.48. The Balaban J connectivity index is 1.57. The van der Waals surface area contributed by atoms with Crippen molar-refractivity contribution in [3.8, 4) is 5.88 Å². The van der Waals surface area contributed by atoms with Gasteiger partial charge in [-0.25, -0.2) is 13.4 Å². The number of aromatic nitrogens is 2. The predicted molar refractivity (Wildman–Crippen MR) is 103 cm³/mol. The van der Waals surface area contributed by atoms with E-state index in [1.54, 1.807) is 22.6 Å². The van der Waals surface area contributed by atoms with Gasteiger partial charge in [0.15, 0.2) is 0 Å². The van der Waals surface area contributed by atoms with Crippen molar-refractivity contribution >= 4 is 10.0 Å². The number of sulfonamides is 1. The Labute approximate surface area is 161 Å². The van der Waals surface area contributed by atoms with Gasteiger partial charge in [0.25, 0.3) is 0 Å². The summed E-state index contributed by atoms with van der Waals surface area (Å²) in [7, 11) is -1.46. The molecule has 0 aliphatic carbocycles. The molecule has 1 unspecified atom stereocenters. The first kappa shape index (κ1) is 19.7. The van der Waals surface area contributed by atoms with Gasteiger partial charge in [-0.15, -0.1) is 0 Å². The van der Waals surface area contributed by atoms with Crippen LogP contribution in [-0.4, -0.2) is 60.9 Å². The van der Waals surface area contributed by atoms with E-state index in [9.17, 15) is 8.42 Å². The van der Waals surface area contributed by atoms with E-state index in [2.05, 4.69) is 21.9 Å². The summed E-state index contributed by atoms with van der Waals surface area (Å²) in [6.07, 6.45) is 5.86. The Hall–Kier alpha value is -2.03. The van der Waals surface area contributed by atoms with Crippen LogP contribution in [-0.2, 0) is 16.6 Å². The second-order valence-corrected chi connectivity index (χ2v) is 8.78. The fourth-order valence-electron chi connectivity index (χ4n) is 3.37. The summed E-state index contributed by atoms with van der Waals surface area (Å²) in [5, 5.41) is 0. The molecule has 1 aliphatic heterocycles. The highest BCUT2D eigenvalue weighted by Gasteiger charge is 2.33. The van der Waals surface area contributed by atoms with Crippen molar-refractivity contribution in [3.63, 3.8) is 0 Å². The number of pyridine rings is 2. The molecule has 1 fully saturated rings. The maximum Gasteiger partial charge on any atom is 0.244 e. The molecule has 2 aromatic rings. The van der Waals surface area contributed by atoms with Crippen LogP contribution in [0, 0.1) is 5.92 Å². The minimum absolute atomic E-state index is 0.218. The molecule has 1 aliphatic rings. The Morgan fingerprint density at radius 3 is 2.81 bits per heavy atom. The fraction of sp³-hybridized carbons (Fsp3) is 0.474. The minimum Gasteiger partial charge on any atom is -0.478 e. The Kier molecular flexibility index (Phi) is 6.41. The van der Waals surface area contributed by atoms with E-state index in [0.717, 1.165) is 25.1 Å². The van der Waals surface area contributed by atoms with E-state index in [4.69, 9.17) is 4.74 Å². The van der Waals surface area contributed by atoms with E-state index >= 15 is 0 Å². The van der Waals surface area contributed by atoms with Crippen LogP contribution in [0.15, 0.2) is 47.8 Å². The minimum atomic E-state index is -3.51. The molecule has 0 aromatic carbocycles. The fourth-order valence-corrected chi connectivity index (χ4v) is 4.85. The first-order valence-corrected chi connectivity index (χ1v) is 10.6. The third-order valence-electron chi connectivity index (χ3n) is 4.63. The van der Waals surface area contributed by atoms with Gasteiger partial charge in [-0.1, -0.05) is 6.07 Å². The maximum absolute atomic E-state index is 12.8. The molecule has 0 bridgehead atoms. The topological polar surface area (TPSA) is 75.6 Å². The lowest BCUT2D eigenvalue weighted by molar-refractivity contribution is 0.273. The third kappa shape index (κ3) is 5.03. The number of nitrogens with zero attached hydrogens (tertiary/aromatic N) is 4. The van der Waals surface area contributed by atoms with Crippen LogP contribution in [0.4, 0.5) is 0 Å². The number of hydrogen-bond acceptors (Lipinski definition) is 6. The van der Waals surface area contributed by atoms with Crippen molar-refractivity contribution in [1.29, 1.82) is 0 Å². The van der Waals surface area contributed by atoms with Crippen molar-refractivity contribution in [2.24, 2.45) is 5.92 Å². The van der Waals surface area contributed by atoms with E-state index in [1.807, 2.05) is 25.3 Å². The average molecular weight is 391 g/mol. The highest BCUT2D eigenvalue weighted by atomic mass is 32.2. The second kappa shape index (κ2) is 8.77. The molecule has 1 atom stereocenters. The van der Waals surface area contributed by atoms with Crippen LogP contribution >= 0.6 is 0 Å². The van der Waals surface area contributed by atoms with E-state index in [1.165, 1.54) is 6.20 Å². The predicted octanol–water partition coefficient (Wildman–Crippen LogP) is 2.02. The molecule has 0 saturated carbocycles. The molecule has 146 valence electrons. The zero-order chi connectivity index (χ0) is 19.3. The van der Waals surface area contributed by atoms with Crippen LogP contribution in [0.5, 0.6) is 5.88 Å². The number of hydrogen-bond donors (Lipinski definition) is 0. The van der Waals surface area contributed by atoms with Crippen molar-refractivity contribution in [1.82, 2.24) is 19.2 Å². The quantitative estimate of drug-likeness (QED) is 0.686. The number of ether oxygens (including phenoxy) is 1. The highest BCUT2D eigenvalue weighted by molar-refractivity contribution is 7.89. The lowest BCUT2D eigenvalue weighted by Crippen LogP contribution is -2.31. The lowest BCUT2D eigenvalue weighted by Gasteiger charge is -2.21. The standard InChI is InChI=1S/C19H26N4O3S/c1-3-26-19-7-6-18(12-21-19)27(24,25)23-10-8-17(15-23)14-22(2)13-16-5-4-9-20-11-16/h4-7,9,11-12,17H,3,8,10,13-15H2,1-2H3. The van der Waals surface area contributed by atoms with Crippen molar-refractivity contribution in [2.45, 2.75) is 24.8 Å². The normalized spacial score (nSPS) is 18.1. The van der Waals surface area contributed by atoms with Gasteiger partial charge in [-0.3, -0.25) is 4.98 Å². The van der Waals surface area contributed by atoms with Crippen LogP contribution in [0.2, 0.25) is 0 Å². The van der Waals surface area contributed by atoms with Crippen molar-refractivity contribution in [2.75, 3.05) is 33.3 Å². The maximum atomic E-state index is 12.8. The van der Waals surface area contributed by atoms with Crippen molar-refractivity contribution < 1.29 is 13.2 Å². The van der Waals surface area contributed by atoms with Gasteiger partial charge in [0.05, 0.1) is 12.8 Å². The SMILES string of the molecule is CCOc1ccc(S(=O)(=O)N2CCC(CN(C)Cc3cccnc3)C2)cn1. The lowest BCUT2D eigenvalue weighted by atomic mass is 10.1. The van der Waals surface area contributed by atoms with Gasteiger partial charge >= 0.3 is 0 Å². The molecule has 2 aromatic heterocycles. The Bertz CT molecular complexity index is 828. The Morgan fingerprint density at radius 1 is 1.30 bits per heavy atom. The molecule has 0 amide bonds. The van der Waals surface area contributed by atoms with Gasteiger partial charge in [0.2, 0.25) is 15.9 Å². The summed E-state index contributed by atoms with van der Waals surface area (Å²) in [5.74, 6) is 0.755. The van der Waals surface area contributed by atoms with Crippen LogP contribution < -0.4 is 4.74 Å². The molecule has 0 N–H and O–H groups in total. The first-order chi connectivity index (χ1) is 13.0. The van der Waals surface area contributed by atoms with Crippen molar-refractivity contribution in [3.05, 3.63) is 48.4 Å². The largest absolute Gasteiger partial charge is 0.478 e. The molecular formula is C19H26N4O3S. The molecule has 8 heteroatoms. The Morgan fingerprint density at radius 2 is 2.15 bits per heavy atom. The molecule has 0 spiro atoms.